The Labute approximate surface area is 162 Å². The van der Waals surface area contributed by atoms with Crippen LogP contribution in [-0.4, -0.2) is 87.5 Å². The predicted molar refractivity (Wildman–Crippen MR) is 107 cm³/mol. The van der Waals surface area contributed by atoms with Crippen molar-refractivity contribution in [3.63, 3.8) is 0 Å². The Morgan fingerprint density at radius 2 is 1.78 bits per heavy atom. The Hall–Kier alpha value is -1.21. The van der Waals surface area contributed by atoms with Gasteiger partial charge in [-0.1, -0.05) is 0 Å². The fraction of sp³-hybridized carbons (Fsp3) is 0.714. The second-order valence-corrected chi connectivity index (χ2v) is 8.41. The summed E-state index contributed by atoms with van der Waals surface area (Å²) < 4.78 is 19.2. The van der Waals surface area contributed by atoms with E-state index in [9.17, 15) is 4.39 Å². The molecule has 2 atom stereocenters. The van der Waals surface area contributed by atoms with Crippen molar-refractivity contribution in [3.8, 4) is 0 Å². The molecule has 0 spiro atoms. The lowest BCUT2D eigenvalue weighted by Gasteiger charge is -2.40. The molecule has 3 saturated heterocycles. The summed E-state index contributed by atoms with van der Waals surface area (Å²) in [7, 11) is 2.20. The largest absolute Gasteiger partial charge is 0.378 e. The normalized spacial score (nSPS) is 28.8. The van der Waals surface area contributed by atoms with E-state index >= 15 is 0 Å². The molecule has 27 heavy (non-hydrogen) atoms. The molecule has 3 aliphatic heterocycles. The van der Waals surface area contributed by atoms with Crippen LogP contribution in [-0.2, 0) is 4.74 Å². The molecule has 0 radical (unpaired) electrons. The number of anilines is 1. The van der Waals surface area contributed by atoms with E-state index in [0.29, 0.717) is 18.1 Å². The molecule has 3 heterocycles. The van der Waals surface area contributed by atoms with Gasteiger partial charge in [0.2, 0.25) is 0 Å². The molecule has 1 aromatic rings. The number of likely N-dealkylation sites (N-methyl/N-ethyl adjacent to an activating group) is 1. The lowest BCUT2D eigenvalue weighted by Crippen LogP contribution is -2.58. The fourth-order valence-corrected chi connectivity index (χ4v) is 4.78. The first-order chi connectivity index (χ1) is 13.1. The summed E-state index contributed by atoms with van der Waals surface area (Å²) in [6.07, 6.45) is 2.26. The molecular weight excluding hydrogens is 343 g/mol. The average molecular weight is 377 g/mol. The number of nitrogens with zero attached hydrogens (tertiary/aromatic N) is 3. The lowest BCUT2D eigenvalue weighted by atomic mass is 10.0. The smallest absolute Gasteiger partial charge is 0.123 e. The van der Waals surface area contributed by atoms with Crippen molar-refractivity contribution in [3.05, 3.63) is 29.6 Å². The van der Waals surface area contributed by atoms with Crippen LogP contribution >= 0.6 is 0 Å². The monoisotopic (exact) mass is 376 g/mol. The number of benzene rings is 1. The van der Waals surface area contributed by atoms with Crippen LogP contribution in [0.3, 0.4) is 0 Å². The maximum absolute atomic E-state index is 13.4. The van der Waals surface area contributed by atoms with E-state index in [1.807, 2.05) is 13.0 Å². The second-order valence-electron chi connectivity index (χ2n) is 8.41. The predicted octanol–water partition coefficient (Wildman–Crippen LogP) is 1.71. The summed E-state index contributed by atoms with van der Waals surface area (Å²) >= 11 is 0. The van der Waals surface area contributed by atoms with E-state index in [4.69, 9.17) is 4.74 Å². The number of halogens is 1. The number of hydrogen-bond donors (Lipinski definition) is 1. The highest BCUT2D eigenvalue weighted by Crippen LogP contribution is 2.25. The summed E-state index contributed by atoms with van der Waals surface area (Å²) in [5, 5.41) is 3.91. The number of hydrogen-bond acceptors (Lipinski definition) is 5. The average Bonchev–Trinajstić information content (AvgIpc) is 3.11. The van der Waals surface area contributed by atoms with E-state index in [1.54, 1.807) is 12.1 Å². The van der Waals surface area contributed by atoms with Crippen LogP contribution in [0.15, 0.2) is 18.2 Å². The minimum absolute atomic E-state index is 0.149. The molecular formula is C21H33FN4O. The van der Waals surface area contributed by atoms with Crippen LogP contribution in [0.5, 0.6) is 0 Å². The molecule has 0 saturated carbocycles. The molecule has 0 aromatic heterocycles. The molecule has 150 valence electrons. The third kappa shape index (κ3) is 4.45. The highest BCUT2D eigenvalue weighted by Gasteiger charge is 2.36. The van der Waals surface area contributed by atoms with Gasteiger partial charge in [0.05, 0.1) is 19.3 Å². The molecule has 0 unspecified atom stereocenters. The zero-order valence-corrected chi connectivity index (χ0v) is 16.7. The summed E-state index contributed by atoms with van der Waals surface area (Å²) in [5.74, 6) is -0.149. The first-order valence-electron chi connectivity index (χ1n) is 10.4. The Morgan fingerprint density at radius 1 is 1.04 bits per heavy atom. The zero-order chi connectivity index (χ0) is 18.8. The van der Waals surface area contributed by atoms with Gasteiger partial charge in [-0.15, -0.1) is 0 Å². The third-order valence-corrected chi connectivity index (χ3v) is 6.50. The second kappa shape index (κ2) is 8.43. The number of rotatable bonds is 4. The van der Waals surface area contributed by atoms with E-state index < -0.39 is 0 Å². The van der Waals surface area contributed by atoms with E-state index in [1.165, 1.54) is 5.69 Å². The van der Waals surface area contributed by atoms with Crippen LogP contribution in [0, 0.1) is 12.7 Å². The van der Waals surface area contributed by atoms with Gasteiger partial charge in [-0.05, 0) is 50.6 Å². The number of piperidine rings is 1. The van der Waals surface area contributed by atoms with Crippen LogP contribution in [0.1, 0.15) is 18.4 Å². The van der Waals surface area contributed by atoms with Crippen LogP contribution < -0.4 is 10.2 Å². The Morgan fingerprint density at radius 3 is 2.48 bits per heavy atom. The fourth-order valence-electron chi connectivity index (χ4n) is 4.78. The quantitative estimate of drug-likeness (QED) is 0.865. The lowest BCUT2D eigenvalue weighted by molar-refractivity contribution is 0.0900. The number of ether oxygens (including phenoxy) is 1. The van der Waals surface area contributed by atoms with Crippen molar-refractivity contribution in [2.75, 3.05) is 64.4 Å². The van der Waals surface area contributed by atoms with Gasteiger partial charge in [-0.2, -0.15) is 0 Å². The topological polar surface area (TPSA) is 31.0 Å². The Kier molecular flexibility index (Phi) is 5.97. The maximum atomic E-state index is 13.4. The number of nitrogens with one attached hydrogen (secondary N) is 1. The summed E-state index contributed by atoms with van der Waals surface area (Å²) in [6, 6.07) is 6.63. The van der Waals surface area contributed by atoms with Gasteiger partial charge in [0.25, 0.3) is 0 Å². The van der Waals surface area contributed by atoms with Crippen molar-refractivity contribution in [1.82, 2.24) is 15.1 Å². The van der Waals surface area contributed by atoms with Crippen LogP contribution in [0.25, 0.3) is 0 Å². The van der Waals surface area contributed by atoms with Crippen molar-refractivity contribution in [2.24, 2.45) is 0 Å². The molecule has 4 rings (SSSR count). The standard InChI is InChI=1S/C21H33FN4O/c1-16-13-17(22)3-4-20(16)25-7-5-18(6-8-25)23-19-14-27-15-21(19)26-11-9-24(2)10-12-26/h3-4,13,18-19,21,23H,5-12,14-15H2,1-2H3/t19-,21-/m0/s1. The zero-order valence-electron chi connectivity index (χ0n) is 16.7. The van der Waals surface area contributed by atoms with E-state index in [0.717, 1.165) is 70.9 Å². The van der Waals surface area contributed by atoms with Gasteiger partial charge in [0.15, 0.2) is 0 Å². The number of piperazine rings is 1. The minimum Gasteiger partial charge on any atom is -0.378 e. The molecule has 3 aliphatic rings. The molecule has 1 N–H and O–H groups in total. The summed E-state index contributed by atoms with van der Waals surface area (Å²) in [6.45, 7) is 10.3. The van der Waals surface area contributed by atoms with E-state index in [-0.39, 0.29) is 5.82 Å². The van der Waals surface area contributed by atoms with Gasteiger partial charge >= 0.3 is 0 Å². The maximum Gasteiger partial charge on any atom is 0.123 e. The molecule has 0 amide bonds. The van der Waals surface area contributed by atoms with Gasteiger partial charge in [-0.25, -0.2) is 4.39 Å². The first kappa shape index (κ1) is 19.1. The van der Waals surface area contributed by atoms with Gasteiger partial charge < -0.3 is 19.9 Å². The SMILES string of the molecule is Cc1cc(F)ccc1N1CCC(N[C@H]2COC[C@@H]2N2CCN(C)CC2)CC1. The van der Waals surface area contributed by atoms with Gasteiger partial charge in [0.1, 0.15) is 5.82 Å². The van der Waals surface area contributed by atoms with Gasteiger partial charge in [0, 0.05) is 57.0 Å². The highest BCUT2D eigenvalue weighted by molar-refractivity contribution is 5.53. The van der Waals surface area contributed by atoms with Crippen molar-refractivity contribution >= 4 is 5.69 Å². The van der Waals surface area contributed by atoms with Crippen molar-refractivity contribution in [1.29, 1.82) is 0 Å². The van der Waals surface area contributed by atoms with Crippen LogP contribution in [0.4, 0.5) is 10.1 Å². The number of aryl methyl sites for hydroxylation is 1. The molecule has 0 aliphatic carbocycles. The minimum atomic E-state index is -0.149. The first-order valence-corrected chi connectivity index (χ1v) is 10.4. The molecule has 3 fully saturated rings. The Balaban J connectivity index is 1.29. The summed E-state index contributed by atoms with van der Waals surface area (Å²) in [4.78, 5) is 7.42. The molecule has 0 bridgehead atoms. The molecule has 1 aromatic carbocycles. The highest BCUT2D eigenvalue weighted by atomic mass is 19.1. The molecule has 5 nitrogen and oxygen atoms in total. The van der Waals surface area contributed by atoms with Crippen molar-refractivity contribution < 1.29 is 9.13 Å². The molecule has 6 heteroatoms. The van der Waals surface area contributed by atoms with E-state index in [2.05, 4.69) is 27.1 Å². The van der Waals surface area contributed by atoms with Crippen molar-refractivity contribution in [2.45, 2.75) is 37.9 Å². The third-order valence-electron chi connectivity index (χ3n) is 6.50. The van der Waals surface area contributed by atoms with Gasteiger partial charge in [-0.3, -0.25) is 4.90 Å². The van der Waals surface area contributed by atoms with Crippen LogP contribution in [0.2, 0.25) is 0 Å². The summed E-state index contributed by atoms with van der Waals surface area (Å²) in [5.41, 5.74) is 2.20. The Bertz CT molecular complexity index is 627.